The molecule has 1 rings (SSSR count). The van der Waals surface area contributed by atoms with Crippen molar-refractivity contribution in [3.8, 4) is 0 Å². The van der Waals surface area contributed by atoms with E-state index in [9.17, 15) is 4.79 Å². The standard InChI is InChI=1S/C13H22ClN3OS/c1-8(2)9(6-7-14)15-12(18)10-11(13(3,4)5)16-17-19-10/h8-9H,6-7H2,1-5H3,(H,15,18). The van der Waals surface area contributed by atoms with Gasteiger partial charge >= 0.3 is 0 Å². The number of halogens is 1. The first-order valence-electron chi connectivity index (χ1n) is 6.47. The van der Waals surface area contributed by atoms with Gasteiger partial charge in [-0.25, -0.2) is 0 Å². The van der Waals surface area contributed by atoms with Gasteiger partial charge in [0.05, 0.1) is 5.69 Å². The third kappa shape index (κ3) is 4.42. The minimum Gasteiger partial charge on any atom is -0.348 e. The van der Waals surface area contributed by atoms with Crippen LogP contribution in [0, 0.1) is 5.92 Å². The zero-order valence-corrected chi connectivity index (χ0v) is 13.7. The minimum absolute atomic E-state index is 0.0833. The van der Waals surface area contributed by atoms with Crippen molar-refractivity contribution in [3.63, 3.8) is 0 Å². The van der Waals surface area contributed by atoms with E-state index in [4.69, 9.17) is 11.6 Å². The third-order valence-electron chi connectivity index (χ3n) is 2.95. The molecular formula is C13H22ClN3OS. The van der Waals surface area contributed by atoms with Gasteiger partial charge in [0.15, 0.2) is 0 Å². The van der Waals surface area contributed by atoms with Gasteiger partial charge in [-0.1, -0.05) is 39.1 Å². The number of amides is 1. The molecule has 0 saturated heterocycles. The van der Waals surface area contributed by atoms with Crippen molar-refractivity contribution in [1.29, 1.82) is 0 Å². The first-order valence-corrected chi connectivity index (χ1v) is 7.77. The van der Waals surface area contributed by atoms with Crippen LogP contribution >= 0.6 is 23.1 Å². The van der Waals surface area contributed by atoms with Crippen LogP contribution in [0.2, 0.25) is 0 Å². The Morgan fingerprint density at radius 1 is 1.42 bits per heavy atom. The van der Waals surface area contributed by atoms with E-state index in [1.807, 2.05) is 20.8 Å². The third-order valence-corrected chi connectivity index (χ3v) is 3.89. The molecule has 1 aromatic heterocycles. The Kier molecular flexibility index (Phi) is 5.74. The number of hydrogen-bond acceptors (Lipinski definition) is 4. The highest BCUT2D eigenvalue weighted by Gasteiger charge is 2.27. The smallest absolute Gasteiger partial charge is 0.265 e. The summed E-state index contributed by atoms with van der Waals surface area (Å²) in [5.74, 6) is 0.793. The fourth-order valence-corrected chi connectivity index (χ4v) is 2.77. The molecule has 108 valence electrons. The first-order chi connectivity index (χ1) is 8.77. The molecule has 0 aromatic carbocycles. The molecular weight excluding hydrogens is 282 g/mol. The Bertz CT molecular complexity index is 426. The second-order valence-corrected chi connectivity index (χ2v) is 7.13. The van der Waals surface area contributed by atoms with Gasteiger partial charge in [-0.15, -0.1) is 16.7 Å². The molecule has 4 nitrogen and oxygen atoms in total. The molecule has 0 radical (unpaired) electrons. The summed E-state index contributed by atoms with van der Waals surface area (Å²) in [7, 11) is 0. The summed E-state index contributed by atoms with van der Waals surface area (Å²) < 4.78 is 3.91. The van der Waals surface area contributed by atoms with Crippen molar-refractivity contribution < 1.29 is 4.79 Å². The van der Waals surface area contributed by atoms with Crippen LogP contribution in [0.25, 0.3) is 0 Å². The van der Waals surface area contributed by atoms with E-state index in [-0.39, 0.29) is 17.4 Å². The van der Waals surface area contributed by atoms with E-state index in [1.54, 1.807) is 0 Å². The van der Waals surface area contributed by atoms with Crippen LogP contribution in [-0.2, 0) is 5.41 Å². The van der Waals surface area contributed by atoms with Gasteiger partial charge in [0.25, 0.3) is 5.91 Å². The fraction of sp³-hybridized carbons (Fsp3) is 0.769. The predicted molar refractivity (Wildman–Crippen MR) is 80.0 cm³/mol. The van der Waals surface area contributed by atoms with Gasteiger partial charge in [0.2, 0.25) is 0 Å². The number of carbonyl (C=O) groups is 1. The second kappa shape index (κ2) is 6.66. The molecule has 1 amide bonds. The lowest BCUT2D eigenvalue weighted by Gasteiger charge is -2.22. The summed E-state index contributed by atoms with van der Waals surface area (Å²) in [4.78, 5) is 12.9. The summed E-state index contributed by atoms with van der Waals surface area (Å²) in [6.45, 7) is 10.2. The maximum absolute atomic E-state index is 12.3. The van der Waals surface area contributed by atoms with Crippen molar-refractivity contribution in [3.05, 3.63) is 10.6 Å². The molecule has 1 aromatic rings. The summed E-state index contributed by atoms with van der Waals surface area (Å²) in [5.41, 5.74) is 0.572. The number of alkyl halides is 1. The summed E-state index contributed by atoms with van der Waals surface area (Å²) >= 11 is 6.93. The molecule has 0 aliphatic heterocycles. The monoisotopic (exact) mass is 303 g/mol. The van der Waals surface area contributed by atoms with Crippen molar-refractivity contribution in [1.82, 2.24) is 14.9 Å². The van der Waals surface area contributed by atoms with E-state index in [2.05, 4.69) is 28.8 Å². The molecule has 1 heterocycles. The van der Waals surface area contributed by atoms with Gasteiger partial charge < -0.3 is 5.32 Å². The Labute approximate surface area is 124 Å². The van der Waals surface area contributed by atoms with Gasteiger partial charge in [-0.2, -0.15) is 0 Å². The average Bonchev–Trinajstić information content (AvgIpc) is 2.76. The van der Waals surface area contributed by atoms with Crippen LogP contribution in [0.4, 0.5) is 0 Å². The van der Waals surface area contributed by atoms with Crippen LogP contribution in [0.5, 0.6) is 0 Å². The average molecular weight is 304 g/mol. The van der Waals surface area contributed by atoms with Crippen LogP contribution in [0.3, 0.4) is 0 Å². The number of rotatable bonds is 5. The topological polar surface area (TPSA) is 54.9 Å². The van der Waals surface area contributed by atoms with Crippen LogP contribution in [0.1, 0.15) is 56.4 Å². The molecule has 0 aliphatic carbocycles. The SMILES string of the molecule is CC(C)C(CCCl)NC(=O)c1snnc1C(C)(C)C. The fourth-order valence-electron chi connectivity index (χ4n) is 1.75. The lowest BCUT2D eigenvalue weighted by Crippen LogP contribution is -2.39. The predicted octanol–water partition coefficient (Wildman–Crippen LogP) is 3.22. The molecule has 0 saturated carbocycles. The van der Waals surface area contributed by atoms with E-state index in [0.29, 0.717) is 16.7 Å². The Balaban J connectivity index is 2.86. The Morgan fingerprint density at radius 3 is 2.53 bits per heavy atom. The number of nitrogens with one attached hydrogen (secondary N) is 1. The second-order valence-electron chi connectivity index (χ2n) is 6.00. The summed E-state index contributed by atoms with van der Waals surface area (Å²) in [5, 5.41) is 7.13. The number of aromatic nitrogens is 2. The zero-order chi connectivity index (χ0) is 14.6. The first kappa shape index (κ1) is 16.4. The highest BCUT2D eigenvalue weighted by atomic mass is 35.5. The largest absolute Gasteiger partial charge is 0.348 e. The molecule has 1 unspecified atom stereocenters. The Morgan fingerprint density at radius 2 is 2.05 bits per heavy atom. The van der Waals surface area contributed by atoms with Crippen LogP contribution in [0.15, 0.2) is 0 Å². The normalized spacial score (nSPS) is 13.6. The van der Waals surface area contributed by atoms with Crippen molar-refractivity contribution in [2.75, 3.05) is 5.88 Å². The molecule has 0 bridgehead atoms. The van der Waals surface area contributed by atoms with E-state index in [0.717, 1.165) is 23.6 Å². The molecule has 19 heavy (non-hydrogen) atoms. The number of nitrogens with zero attached hydrogens (tertiary/aromatic N) is 2. The van der Waals surface area contributed by atoms with Crippen molar-refractivity contribution in [2.45, 2.75) is 52.5 Å². The molecule has 0 aliphatic rings. The lowest BCUT2D eigenvalue weighted by atomic mass is 9.91. The lowest BCUT2D eigenvalue weighted by molar-refractivity contribution is 0.0926. The van der Waals surface area contributed by atoms with Crippen molar-refractivity contribution in [2.24, 2.45) is 5.92 Å². The van der Waals surface area contributed by atoms with Crippen LogP contribution in [-0.4, -0.2) is 27.4 Å². The molecule has 1 atom stereocenters. The van der Waals surface area contributed by atoms with E-state index >= 15 is 0 Å². The maximum atomic E-state index is 12.3. The molecule has 6 heteroatoms. The summed E-state index contributed by atoms with van der Waals surface area (Å²) in [6, 6.07) is 0.0833. The van der Waals surface area contributed by atoms with Gasteiger partial charge in [-0.3, -0.25) is 4.79 Å². The zero-order valence-electron chi connectivity index (χ0n) is 12.2. The van der Waals surface area contributed by atoms with Gasteiger partial charge in [-0.05, 0) is 23.9 Å². The molecule has 0 spiro atoms. The number of carbonyl (C=O) groups excluding carboxylic acids is 1. The Hall–Kier alpha value is -0.680. The highest BCUT2D eigenvalue weighted by Crippen LogP contribution is 2.26. The molecule has 1 N–H and O–H groups in total. The highest BCUT2D eigenvalue weighted by molar-refractivity contribution is 7.08. The van der Waals surface area contributed by atoms with E-state index < -0.39 is 0 Å². The quantitative estimate of drug-likeness (QED) is 0.850. The molecule has 0 fully saturated rings. The maximum Gasteiger partial charge on any atom is 0.265 e. The number of hydrogen-bond donors (Lipinski definition) is 1. The summed E-state index contributed by atoms with van der Waals surface area (Å²) in [6.07, 6.45) is 0.766. The van der Waals surface area contributed by atoms with Crippen LogP contribution < -0.4 is 5.32 Å². The van der Waals surface area contributed by atoms with Crippen molar-refractivity contribution >= 4 is 29.0 Å². The van der Waals surface area contributed by atoms with Gasteiger partial charge in [0, 0.05) is 17.3 Å². The van der Waals surface area contributed by atoms with E-state index in [1.165, 1.54) is 0 Å². The minimum atomic E-state index is -0.181. The van der Waals surface area contributed by atoms with Gasteiger partial charge in [0.1, 0.15) is 4.88 Å².